The minimum Gasteiger partial charge on any atom is -0.511 e. The molecule has 2 N–H and O–H groups in total. The van der Waals surface area contributed by atoms with E-state index >= 15 is 0 Å². The molecule has 0 aromatic heterocycles. The molecule has 208 valence electrons. The van der Waals surface area contributed by atoms with Gasteiger partial charge in [0.05, 0.1) is 18.9 Å². The van der Waals surface area contributed by atoms with Crippen LogP contribution in [-0.2, 0) is 32.9 Å². The maximum absolute atomic E-state index is 13.8. The van der Waals surface area contributed by atoms with E-state index < -0.39 is 17.7 Å². The van der Waals surface area contributed by atoms with Crippen LogP contribution in [0.15, 0.2) is 114 Å². The number of cyclic esters (lactones) is 1. The van der Waals surface area contributed by atoms with Gasteiger partial charge in [0.1, 0.15) is 23.1 Å². The number of aliphatic hydroxyl groups excluding tert-OH is 1. The number of rotatable bonds is 9. The van der Waals surface area contributed by atoms with Crippen LogP contribution in [0.2, 0.25) is 0 Å². The van der Waals surface area contributed by atoms with Gasteiger partial charge in [-0.2, -0.15) is 0 Å². The third-order valence-electron chi connectivity index (χ3n) is 7.57. The fraction of sp³-hybridized carbons (Fsp3) is 0.324. The van der Waals surface area contributed by atoms with E-state index in [1.165, 1.54) is 0 Å². The first-order valence-corrected chi connectivity index (χ1v) is 13.9. The molecular formula is C34H38N2O4. The molecule has 2 heterocycles. The number of hydrogen-bond donors (Lipinski definition) is 2. The van der Waals surface area contributed by atoms with E-state index in [0.717, 1.165) is 22.4 Å². The normalized spacial score (nSPS) is 21.2. The molecule has 0 aliphatic carbocycles. The van der Waals surface area contributed by atoms with Gasteiger partial charge in [-0.1, -0.05) is 91.0 Å². The lowest BCUT2D eigenvalue weighted by atomic mass is 9.81. The Kier molecular flexibility index (Phi) is 7.99. The quantitative estimate of drug-likeness (QED) is 0.309. The second-order valence-electron chi connectivity index (χ2n) is 11.5. The number of carbonyl (C=O) groups excluding carboxylic acids is 1. The number of esters is 1. The monoisotopic (exact) mass is 538 g/mol. The minimum atomic E-state index is -0.956. The van der Waals surface area contributed by atoms with Crippen LogP contribution < -0.4 is 5.32 Å². The molecule has 0 bridgehead atoms. The first-order valence-electron chi connectivity index (χ1n) is 13.9. The summed E-state index contributed by atoms with van der Waals surface area (Å²) >= 11 is 0. The first kappa shape index (κ1) is 27.5. The fourth-order valence-electron chi connectivity index (χ4n) is 5.67. The van der Waals surface area contributed by atoms with E-state index in [1.54, 1.807) is 0 Å². The Morgan fingerprint density at radius 3 is 2.12 bits per heavy atom. The molecule has 0 amide bonds. The van der Waals surface area contributed by atoms with Crippen LogP contribution in [0.3, 0.4) is 0 Å². The van der Waals surface area contributed by atoms with Crippen LogP contribution in [0, 0.1) is 0 Å². The summed E-state index contributed by atoms with van der Waals surface area (Å²) in [6.07, 6.45) is 2.79. The van der Waals surface area contributed by atoms with Gasteiger partial charge in [0, 0.05) is 18.2 Å². The summed E-state index contributed by atoms with van der Waals surface area (Å²) in [5.74, 6) is -0.452. The molecule has 0 fully saturated rings. The van der Waals surface area contributed by atoms with E-state index in [4.69, 9.17) is 9.47 Å². The molecular weight excluding hydrogens is 500 g/mol. The van der Waals surface area contributed by atoms with Crippen molar-refractivity contribution in [1.29, 1.82) is 0 Å². The highest BCUT2D eigenvalue weighted by Crippen LogP contribution is 2.43. The summed E-state index contributed by atoms with van der Waals surface area (Å²) in [4.78, 5) is 15.9. The van der Waals surface area contributed by atoms with Gasteiger partial charge in [0.2, 0.25) is 0 Å². The molecule has 2 aliphatic heterocycles. The molecule has 0 saturated heterocycles. The van der Waals surface area contributed by atoms with E-state index in [9.17, 15) is 9.90 Å². The van der Waals surface area contributed by atoms with Crippen LogP contribution >= 0.6 is 0 Å². The molecule has 2 aliphatic rings. The molecule has 0 radical (unpaired) electrons. The second-order valence-corrected chi connectivity index (χ2v) is 11.5. The zero-order valence-corrected chi connectivity index (χ0v) is 23.5. The Morgan fingerprint density at radius 1 is 0.925 bits per heavy atom. The molecule has 0 spiro atoms. The predicted molar refractivity (Wildman–Crippen MR) is 156 cm³/mol. The van der Waals surface area contributed by atoms with Crippen LogP contribution in [0.5, 0.6) is 0 Å². The van der Waals surface area contributed by atoms with Gasteiger partial charge in [-0.3, -0.25) is 0 Å². The zero-order chi connectivity index (χ0) is 28.2. The summed E-state index contributed by atoms with van der Waals surface area (Å²) in [7, 11) is 0. The molecule has 2 unspecified atom stereocenters. The van der Waals surface area contributed by atoms with Gasteiger partial charge in [0.25, 0.3) is 0 Å². The number of nitrogens with zero attached hydrogens (tertiary/aromatic N) is 1. The second kappa shape index (κ2) is 11.6. The van der Waals surface area contributed by atoms with Gasteiger partial charge >= 0.3 is 5.97 Å². The Morgan fingerprint density at radius 2 is 1.52 bits per heavy atom. The number of hydrogen-bond acceptors (Lipinski definition) is 6. The molecule has 0 saturated carbocycles. The lowest BCUT2D eigenvalue weighted by Crippen LogP contribution is -2.53. The standard InChI is InChI=1S/C34H38N2O4/c1-33(2,3)36-28(24-39-23-26-15-9-5-10-16-26)22-35-31(36)30-29(37)21-34(40-32(30)38,27-17-11-6-12-18-27)20-19-25-13-7-4-8-14-25/h4-18,22,31,35,37H,19-21,23-24H2,1-3H3. The van der Waals surface area contributed by atoms with E-state index in [1.807, 2.05) is 85.1 Å². The third kappa shape index (κ3) is 5.92. The number of ether oxygens (including phenoxy) is 2. The molecule has 5 rings (SSSR count). The Bertz CT molecular complexity index is 1360. The third-order valence-corrected chi connectivity index (χ3v) is 7.57. The first-order chi connectivity index (χ1) is 19.3. The lowest BCUT2D eigenvalue weighted by molar-refractivity contribution is -0.162. The number of nitrogens with one attached hydrogen (secondary N) is 1. The summed E-state index contributed by atoms with van der Waals surface area (Å²) in [5.41, 5.74) is 2.97. The molecule has 6 heteroatoms. The van der Waals surface area contributed by atoms with Crippen LogP contribution in [0.4, 0.5) is 0 Å². The zero-order valence-electron chi connectivity index (χ0n) is 23.5. The van der Waals surface area contributed by atoms with Gasteiger partial charge in [-0.05, 0) is 50.3 Å². The number of aliphatic hydroxyl groups is 1. The van der Waals surface area contributed by atoms with Gasteiger partial charge < -0.3 is 24.8 Å². The maximum Gasteiger partial charge on any atom is 0.342 e. The predicted octanol–water partition coefficient (Wildman–Crippen LogP) is 6.36. The van der Waals surface area contributed by atoms with E-state index in [0.29, 0.717) is 26.1 Å². The van der Waals surface area contributed by atoms with Crippen LogP contribution in [0.1, 0.15) is 50.3 Å². The lowest BCUT2D eigenvalue weighted by Gasteiger charge is -2.44. The van der Waals surface area contributed by atoms with Gasteiger partial charge in [0.15, 0.2) is 0 Å². The van der Waals surface area contributed by atoms with Crippen molar-refractivity contribution in [2.45, 2.75) is 63.9 Å². The van der Waals surface area contributed by atoms with Crippen molar-refractivity contribution < 1.29 is 19.4 Å². The molecule has 6 nitrogen and oxygen atoms in total. The summed E-state index contributed by atoms with van der Waals surface area (Å²) in [6.45, 7) is 7.09. The number of carbonyl (C=O) groups is 1. The number of benzene rings is 3. The number of aryl methyl sites for hydroxylation is 1. The molecule has 40 heavy (non-hydrogen) atoms. The topological polar surface area (TPSA) is 71.0 Å². The van der Waals surface area contributed by atoms with Crippen LogP contribution in [0.25, 0.3) is 0 Å². The Balaban J connectivity index is 1.39. The fourth-order valence-corrected chi connectivity index (χ4v) is 5.67. The Labute approximate surface area is 236 Å². The highest BCUT2D eigenvalue weighted by Gasteiger charge is 2.48. The highest BCUT2D eigenvalue weighted by atomic mass is 16.6. The average Bonchev–Trinajstić information content (AvgIpc) is 3.37. The minimum absolute atomic E-state index is 0.0553. The summed E-state index contributed by atoms with van der Waals surface area (Å²) < 4.78 is 12.4. The van der Waals surface area contributed by atoms with Crippen molar-refractivity contribution in [3.63, 3.8) is 0 Å². The van der Waals surface area contributed by atoms with E-state index in [2.05, 4.69) is 43.1 Å². The molecule has 3 aromatic rings. The van der Waals surface area contributed by atoms with Crippen molar-refractivity contribution in [3.8, 4) is 0 Å². The van der Waals surface area contributed by atoms with E-state index in [-0.39, 0.29) is 23.3 Å². The van der Waals surface area contributed by atoms with Gasteiger partial charge in [-0.15, -0.1) is 0 Å². The SMILES string of the molecule is CC(C)(C)N1C(COCc2ccccc2)=CNC1C1=C(O)CC(CCc2ccccc2)(c2ccccc2)OC1=O. The molecule has 3 aromatic carbocycles. The average molecular weight is 539 g/mol. The highest BCUT2D eigenvalue weighted by molar-refractivity contribution is 5.92. The smallest absolute Gasteiger partial charge is 0.342 e. The summed E-state index contributed by atoms with van der Waals surface area (Å²) in [5, 5.41) is 14.9. The van der Waals surface area contributed by atoms with Crippen molar-refractivity contribution >= 4 is 5.97 Å². The van der Waals surface area contributed by atoms with Crippen molar-refractivity contribution in [2.24, 2.45) is 0 Å². The van der Waals surface area contributed by atoms with Crippen molar-refractivity contribution in [2.75, 3.05) is 6.61 Å². The van der Waals surface area contributed by atoms with Crippen LogP contribution in [-0.4, -0.2) is 34.3 Å². The summed E-state index contributed by atoms with van der Waals surface area (Å²) in [6, 6.07) is 29.9. The Hall–Kier alpha value is -4.03. The van der Waals surface area contributed by atoms with Crippen molar-refractivity contribution in [1.82, 2.24) is 10.2 Å². The maximum atomic E-state index is 13.8. The van der Waals surface area contributed by atoms with Crippen molar-refractivity contribution in [3.05, 3.63) is 131 Å². The largest absolute Gasteiger partial charge is 0.511 e. The van der Waals surface area contributed by atoms with Gasteiger partial charge in [-0.25, -0.2) is 4.79 Å². The molecule has 2 atom stereocenters.